The molecule has 21 heavy (non-hydrogen) atoms. The first-order valence-electron chi connectivity index (χ1n) is 8.19. The van der Waals surface area contributed by atoms with Crippen LogP contribution in [0.1, 0.15) is 56.2 Å². The van der Waals surface area contributed by atoms with E-state index in [-0.39, 0.29) is 13.4 Å². The molecule has 0 radical (unpaired) electrons. The number of likely N-dealkylation sites (tertiary alicyclic amines) is 1. The Morgan fingerprint density at radius 1 is 1.43 bits per heavy atom. The van der Waals surface area contributed by atoms with Crippen molar-refractivity contribution in [3.8, 4) is 0 Å². The third-order valence-corrected chi connectivity index (χ3v) is 4.96. The minimum atomic E-state index is -0.0872. The normalized spacial score (nSPS) is 29.8. The summed E-state index contributed by atoms with van der Waals surface area (Å²) >= 11 is 0. The molecule has 5 heteroatoms. The molecule has 1 saturated heterocycles. The maximum absolute atomic E-state index is 12.3. The topological polar surface area (TPSA) is 58.4 Å². The van der Waals surface area contributed by atoms with Crippen LogP contribution in [-0.4, -0.2) is 41.6 Å². The predicted molar refractivity (Wildman–Crippen MR) is 80.2 cm³/mol. The van der Waals surface area contributed by atoms with Gasteiger partial charge in [0.2, 0.25) is 0 Å². The second-order valence-corrected chi connectivity index (χ2v) is 7.11. The smallest absolute Gasteiger partial charge is 0.273 e. The van der Waals surface area contributed by atoms with E-state index in [1.807, 2.05) is 6.07 Å². The summed E-state index contributed by atoms with van der Waals surface area (Å²) in [7, 11) is 0. The van der Waals surface area contributed by atoms with Gasteiger partial charge in [-0.15, -0.1) is 0 Å². The Labute approximate surface area is 126 Å². The molecular weight excluding hydrogens is 266 g/mol. The van der Waals surface area contributed by atoms with E-state index in [4.69, 9.17) is 4.52 Å². The van der Waals surface area contributed by atoms with Crippen molar-refractivity contribution in [3.05, 3.63) is 17.5 Å². The van der Waals surface area contributed by atoms with Gasteiger partial charge in [0, 0.05) is 39.1 Å². The van der Waals surface area contributed by atoms with Gasteiger partial charge in [0.15, 0.2) is 5.69 Å². The lowest BCUT2D eigenvalue weighted by molar-refractivity contribution is 0.0922. The lowest BCUT2D eigenvalue weighted by Gasteiger charge is -2.16. The van der Waals surface area contributed by atoms with Crippen LogP contribution in [0.15, 0.2) is 10.6 Å². The van der Waals surface area contributed by atoms with Gasteiger partial charge in [-0.2, -0.15) is 0 Å². The van der Waals surface area contributed by atoms with E-state index < -0.39 is 0 Å². The number of hydrogen-bond donors (Lipinski definition) is 1. The third-order valence-electron chi connectivity index (χ3n) is 4.96. The molecule has 4 rings (SSSR count). The van der Waals surface area contributed by atoms with Crippen molar-refractivity contribution < 1.29 is 10.7 Å². The fourth-order valence-electron chi connectivity index (χ4n) is 3.27. The summed E-state index contributed by atoms with van der Waals surface area (Å²) in [4.78, 5) is 14.8. The van der Waals surface area contributed by atoms with E-state index in [9.17, 15) is 4.79 Å². The summed E-state index contributed by atoms with van der Waals surface area (Å²) < 4.78 is 5.26. The maximum atomic E-state index is 12.3. The molecule has 2 aliphatic carbocycles. The van der Waals surface area contributed by atoms with Crippen LogP contribution < -0.4 is 5.32 Å². The number of amides is 1. The van der Waals surface area contributed by atoms with Crippen molar-refractivity contribution in [1.29, 1.82) is 0 Å². The lowest BCUT2D eigenvalue weighted by atomic mass is 10.1. The van der Waals surface area contributed by atoms with E-state index in [1.54, 1.807) is 0 Å². The fraction of sp³-hybridized carbons (Fsp3) is 0.750. The zero-order valence-electron chi connectivity index (χ0n) is 12.5. The highest BCUT2D eigenvalue weighted by Gasteiger charge is 2.35. The summed E-state index contributed by atoms with van der Waals surface area (Å²) in [6.07, 6.45) is 5.08. The molecule has 3 fully saturated rings. The average molecular weight is 291 g/mol. The monoisotopic (exact) mass is 291 g/mol. The van der Waals surface area contributed by atoms with E-state index in [0.717, 1.165) is 37.6 Å². The third kappa shape index (κ3) is 2.98. The van der Waals surface area contributed by atoms with Crippen molar-refractivity contribution in [1.82, 2.24) is 15.4 Å². The summed E-state index contributed by atoms with van der Waals surface area (Å²) in [5.41, 5.74) is 0.435. The summed E-state index contributed by atoms with van der Waals surface area (Å²) in [5, 5.41) is 7.06. The van der Waals surface area contributed by atoms with Gasteiger partial charge in [-0.25, -0.2) is 0 Å². The second kappa shape index (κ2) is 5.13. The zero-order valence-corrected chi connectivity index (χ0v) is 12.5. The van der Waals surface area contributed by atoms with Crippen molar-refractivity contribution in [3.63, 3.8) is 0 Å². The molecule has 1 aromatic heterocycles. The Balaban J connectivity index is 0.00000144. The van der Waals surface area contributed by atoms with Gasteiger partial charge in [0.25, 0.3) is 5.91 Å². The average Bonchev–Trinajstić information content (AvgIpc) is 3.37. The van der Waals surface area contributed by atoms with Gasteiger partial charge in [0.05, 0.1) is 0 Å². The number of rotatable bonds is 5. The second-order valence-electron chi connectivity index (χ2n) is 7.11. The molecule has 1 aromatic rings. The van der Waals surface area contributed by atoms with Gasteiger partial charge in [-0.1, -0.05) is 12.1 Å². The molecule has 1 aliphatic heterocycles. The number of aromatic nitrogens is 1. The van der Waals surface area contributed by atoms with Crippen LogP contribution >= 0.6 is 0 Å². The Morgan fingerprint density at radius 2 is 2.24 bits per heavy atom. The Bertz CT molecular complexity index is 539. The Morgan fingerprint density at radius 3 is 2.95 bits per heavy atom. The largest absolute Gasteiger partial charge is 0.360 e. The molecule has 2 saturated carbocycles. The fourth-order valence-corrected chi connectivity index (χ4v) is 3.27. The number of carbonyl (C=O) groups is 1. The molecule has 2 heterocycles. The number of nitrogens with zero attached hydrogens (tertiary/aromatic N) is 2. The number of carbonyl (C=O) groups excluding carboxylic acids is 1. The van der Waals surface area contributed by atoms with Crippen molar-refractivity contribution >= 4 is 5.91 Å². The highest BCUT2D eigenvalue weighted by atomic mass is 16.5. The highest BCUT2D eigenvalue weighted by Crippen LogP contribution is 2.40. The lowest BCUT2D eigenvalue weighted by Crippen LogP contribution is -2.40. The van der Waals surface area contributed by atoms with E-state index >= 15 is 0 Å². The van der Waals surface area contributed by atoms with Crippen LogP contribution in [0.3, 0.4) is 0 Å². The molecule has 3 aliphatic rings. The minimum absolute atomic E-state index is 0. The summed E-state index contributed by atoms with van der Waals surface area (Å²) in [6, 6.07) is 2.05. The maximum Gasteiger partial charge on any atom is 0.273 e. The molecule has 116 valence electrons. The van der Waals surface area contributed by atoms with Crippen molar-refractivity contribution in [2.75, 3.05) is 19.6 Å². The summed E-state index contributed by atoms with van der Waals surface area (Å²) in [5.74, 6) is 2.69. The number of hydrogen-bond acceptors (Lipinski definition) is 4. The quantitative estimate of drug-likeness (QED) is 0.904. The highest BCUT2D eigenvalue weighted by molar-refractivity contribution is 5.92. The minimum Gasteiger partial charge on any atom is -0.360 e. The van der Waals surface area contributed by atoms with Crippen LogP contribution in [0.4, 0.5) is 0 Å². The van der Waals surface area contributed by atoms with Crippen molar-refractivity contribution in [2.45, 2.75) is 44.6 Å². The van der Waals surface area contributed by atoms with E-state index in [0.29, 0.717) is 17.5 Å². The Kier molecular flexibility index (Phi) is 3.25. The first-order chi connectivity index (χ1) is 10.2. The predicted octanol–water partition coefficient (Wildman–Crippen LogP) is 2.26. The van der Waals surface area contributed by atoms with Gasteiger partial charge in [0.1, 0.15) is 5.76 Å². The van der Waals surface area contributed by atoms with Crippen molar-refractivity contribution in [2.24, 2.45) is 11.8 Å². The van der Waals surface area contributed by atoms with Crippen LogP contribution in [0, 0.1) is 11.8 Å². The first-order valence-corrected chi connectivity index (χ1v) is 8.19. The van der Waals surface area contributed by atoms with E-state index in [2.05, 4.69) is 22.3 Å². The van der Waals surface area contributed by atoms with Gasteiger partial charge < -0.3 is 14.7 Å². The van der Waals surface area contributed by atoms with Crippen LogP contribution in [0.5, 0.6) is 0 Å². The molecular formula is C16H25N3O2. The molecule has 2 atom stereocenters. The molecule has 0 spiro atoms. The van der Waals surface area contributed by atoms with Gasteiger partial charge in [-0.3, -0.25) is 4.79 Å². The summed E-state index contributed by atoms with van der Waals surface area (Å²) in [6.45, 7) is 5.48. The van der Waals surface area contributed by atoms with Crippen LogP contribution in [0.2, 0.25) is 0 Å². The molecule has 1 amide bonds. The SMILES string of the molecule is C[C@@H]1CN(CC2CC2)C[C@H]1NC(=O)c1cc(C2CC2)on1.[HH]. The molecule has 5 nitrogen and oxygen atoms in total. The molecule has 0 bridgehead atoms. The molecule has 1 N–H and O–H groups in total. The van der Waals surface area contributed by atoms with E-state index in [1.165, 1.54) is 19.4 Å². The molecule has 0 aromatic carbocycles. The number of nitrogens with one attached hydrogen (secondary N) is 1. The van der Waals surface area contributed by atoms with Gasteiger partial charge in [-0.05, 0) is 37.5 Å². The van der Waals surface area contributed by atoms with Crippen LogP contribution in [0.25, 0.3) is 0 Å². The first kappa shape index (κ1) is 13.3. The zero-order chi connectivity index (χ0) is 14.4. The van der Waals surface area contributed by atoms with Gasteiger partial charge >= 0.3 is 0 Å². The van der Waals surface area contributed by atoms with Crippen LogP contribution in [-0.2, 0) is 0 Å². The molecule has 0 unspecified atom stereocenters. The Hall–Kier alpha value is -1.36. The standard InChI is InChI=1S/C16H23N3O2.H2/c1-10-7-19(8-11-2-3-11)9-14(10)17-16(20)13-6-15(21-18-13)12-4-5-12;/h6,10-12,14H,2-5,7-9H2,1H3,(H,17,20);1H/t10-,14-;/m1./s1.